The van der Waals surface area contributed by atoms with Gasteiger partial charge >= 0.3 is 0 Å². The van der Waals surface area contributed by atoms with E-state index >= 15 is 0 Å². The molecule has 2 aliphatic heterocycles. The van der Waals surface area contributed by atoms with Crippen molar-refractivity contribution in [1.82, 2.24) is 4.72 Å². The third-order valence-corrected chi connectivity index (χ3v) is 12.4. The Hall–Kier alpha value is -2.55. The number of benzene rings is 2. The molecule has 0 aromatic heterocycles. The summed E-state index contributed by atoms with van der Waals surface area (Å²) < 4.78 is 41.3. The van der Waals surface area contributed by atoms with Crippen LogP contribution in [0.1, 0.15) is 67.4 Å². The number of allylic oxidation sites excluding steroid dienone is 1. The Labute approximate surface area is 254 Å². The summed E-state index contributed by atoms with van der Waals surface area (Å²) in [4.78, 5) is 15.7. The Morgan fingerprint density at radius 3 is 2.74 bits per heavy atom. The van der Waals surface area contributed by atoms with Crippen LogP contribution in [-0.2, 0) is 26.6 Å². The maximum absolute atomic E-state index is 13.4. The van der Waals surface area contributed by atoms with Crippen molar-refractivity contribution >= 4 is 33.2 Å². The van der Waals surface area contributed by atoms with E-state index in [1.165, 1.54) is 11.1 Å². The molecule has 1 N–H and O–H groups in total. The molecule has 42 heavy (non-hydrogen) atoms. The van der Waals surface area contributed by atoms with Gasteiger partial charge in [-0.25, -0.2) is 13.1 Å². The summed E-state index contributed by atoms with van der Waals surface area (Å²) in [5.41, 5.74) is 3.48. The van der Waals surface area contributed by atoms with Crippen LogP contribution in [0.25, 0.3) is 0 Å². The van der Waals surface area contributed by atoms with Crippen LogP contribution in [-0.4, -0.2) is 52.5 Å². The lowest BCUT2D eigenvalue weighted by Crippen LogP contribution is -2.49. The number of ether oxygens (including phenoxy) is 2. The maximum atomic E-state index is 13.4. The zero-order valence-electron chi connectivity index (χ0n) is 24.6. The Balaban J connectivity index is 1.43. The van der Waals surface area contributed by atoms with Crippen molar-refractivity contribution in [3.05, 3.63) is 70.3 Å². The summed E-state index contributed by atoms with van der Waals surface area (Å²) in [6.45, 7) is 5.63. The molecule has 7 nitrogen and oxygen atoms in total. The first kappa shape index (κ1) is 29.5. The van der Waals surface area contributed by atoms with Gasteiger partial charge < -0.3 is 14.4 Å². The van der Waals surface area contributed by atoms with Crippen LogP contribution in [0.2, 0.25) is 5.02 Å². The highest BCUT2D eigenvalue weighted by molar-refractivity contribution is 7.90. The van der Waals surface area contributed by atoms with E-state index in [0.717, 1.165) is 61.7 Å². The number of amides is 1. The zero-order valence-corrected chi connectivity index (χ0v) is 26.2. The van der Waals surface area contributed by atoms with Crippen molar-refractivity contribution in [3.8, 4) is 5.75 Å². The molecule has 2 bridgehead atoms. The second-order valence-electron chi connectivity index (χ2n) is 12.8. The highest BCUT2D eigenvalue weighted by Crippen LogP contribution is 2.47. The number of halogens is 1. The molecule has 1 amide bonds. The quantitative estimate of drug-likeness (QED) is 0.404. The van der Waals surface area contributed by atoms with E-state index in [4.69, 9.17) is 21.1 Å². The zero-order chi connectivity index (χ0) is 29.6. The Morgan fingerprint density at radius 2 is 1.98 bits per heavy atom. The van der Waals surface area contributed by atoms with Crippen LogP contribution < -0.4 is 14.4 Å². The smallest absolute Gasteiger partial charge is 0.264 e. The van der Waals surface area contributed by atoms with Crippen molar-refractivity contribution in [3.63, 3.8) is 0 Å². The highest BCUT2D eigenvalue weighted by atomic mass is 35.5. The first-order chi connectivity index (χ1) is 20.1. The maximum Gasteiger partial charge on any atom is 0.264 e. The molecular weight excluding hydrogens is 572 g/mol. The summed E-state index contributed by atoms with van der Waals surface area (Å²) >= 11 is 6.40. The number of carbonyl (C=O) groups excluding carboxylic acids is 1. The molecule has 6 rings (SSSR count). The molecule has 1 saturated carbocycles. The molecule has 0 saturated heterocycles. The van der Waals surface area contributed by atoms with Gasteiger partial charge in [-0.3, -0.25) is 4.79 Å². The number of nitrogens with one attached hydrogen (secondary N) is 1. The Bertz CT molecular complexity index is 1490. The molecule has 226 valence electrons. The monoisotopic (exact) mass is 612 g/mol. The van der Waals surface area contributed by atoms with Crippen molar-refractivity contribution < 1.29 is 22.7 Å². The van der Waals surface area contributed by atoms with Gasteiger partial charge in [0.15, 0.2) is 0 Å². The summed E-state index contributed by atoms with van der Waals surface area (Å²) in [5, 5.41) is 0.00998. The molecule has 9 heteroatoms. The van der Waals surface area contributed by atoms with E-state index in [2.05, 4.69) is 27.8 Å². The standard InChI is InChI=1S/C33H41ClN2O5S/c1-21-6-4-8-30(40-3)27-12-9-25(27)18-36-19-33(15-5-7-23-16-26(34)11-13-28(23)33)20-41-31-14-10-24(17-29(31)36)32(37)35-42(38,39)22(21)2/h4,8,10-11,13-14,16-17,21-22,25,27,30H,5-7,9,12,15,18-20H2,1-3H3,(H,35,37)/b8-4-/t21-,22+,25-,27+,30+,33-/m0/s1. The number of carbonyl (C=O) groups is 1. The second-order valence-corrected chi connectivity index (χ2v) is 15.3. The SMILES string of the molecule is CO[C@@H]1/C=C\C[C@H](C)[C@@H](C)S(=O)(=O)NC(=O)c2ccc3c(c2)N(C[C@@H]2CC[C@H]21)C[C@@]1(CCCc2cc(Cl)ccc21)CO3. The molecule has 1 spiro atoms. The highest BCUT2D eigenvalue weighted by Gasteiger charge is 2.44. The first-order valence-corrected chi connectivity index (χ1v) is 17.1. The van der Waals surface area contributed by atoms with Gasteiger partial charge in [0.2, 0.25) is 10.0 Å². The van der Waals surface area contributed by atoms with Gasteiger partial charge in [0.25, 0.3) is 5.91 Å². The lowest BCUT2D eigenvalue weighted by Gasteiger charge is -2.46. The Morgan fingerprint density at radius 1 is 1.14 bits per heavy atom. The third kappa shape index (κ3) is 5.46. The van der Waals surface area contributed by atoms with Crippen LogP contribution >= 0.6 is 11.6 Å². The van der Waals surface area contributed by atoms with E-state index in [-0.39, 0.29) is 17.4 Å². The fraction of sp³-hybridized carbons (Fsp3) is 0.545. The molecule has 0 unspecified atom stereocenters. The van der Waals surface area contributed by atoms with Gasteiger partial charge in [0, 0.05) is 36.2 Å². The molecule has 2 aliphatic carbocycles. The van der Waals surface area contributed by atoms with Gasteiger partial charge in [0.1, 0.15) is 5.75 Å². The molecule has 6 atom stereocenters. The molecule has 1 fully saturated rings. The van der Waals surface area contributed by atoms with Gasteiger partial charge in [0.05, 0.1) is 23.6 Å². The van der Waals surface area contributed by atoms with Crippen LogP contribution in [0.3, 0.4) is 0 Å². The summed E-state index contributed by atoms with van der Waals surface area (Å²) in [7, 11) is -2.13. The van der Waals surface area contributed by atoms with E-state index in [1.54, 1.807) is 20.1 Å². The minimum atomic E-state index is -3.88. The van der Waals surface area contributed by atoms with E-state index in [1.807, 2.05) is 31.2 Å². The van der Waals surface area contributed by atoms with Crippen LogP contribution in [0.15, 0.2) is 48.6 Å². The third-order valence-electron chi connectivity index (χ3n) is 10.3. The van der Waals surface area contributed by atoms with E-state index in [0.29, 0.717) is 30.4 Å². The number of hydrogen-bond acceptors (Lipinski definition) is 6. The predicted octanol–water partition coefficient (Wildman–Crippen LogP) is 5.90. The number of hydrogen-bond donors (Lipinski definition) is 1. The largest absolute Gasteiger partial charge is 0.490 e. The van der Waals surface area contributed by atoms with Crippen LogP contribution in [0.4, 0.5) is 5.69 Å². The molecule has 2 aromatic rings. The molecule has 2 aromatic carbocycles. The Kier molecular flexibility index (Phi) is 8.09. The fourth-order valence-corrected chi connectivity index (χ4v) is 8.87. The number of fused-ring (bicyclic) bond motifs is 4. The molecule has 0 radical (unpaired) electrons. The average molecular weight is 613 g/mol. The van der Waals surface area contributed by atoms with Gasteiger partial charge in [-0.15, -0.1) is 0 Å². The summed E-state index contributed by atoms with van der Waals surface area (Å²) in [5.74, 6) is 0.710. The van der Waals surface area contributed by atoms with Gasteiger partial charge in [-0.05, 0) is 105 Å². The fourth-order valence-electron chi connectivity index (χ4n) is 7.39. The number of anilines is 1. The predicted molar refractivity (Wildman–Crippen MR) is 166 cm³/mol. The summed E-state index contributed by atoms with van der Waals surface area (Å²) in [6.07, 6.45) is 9.93. The molecular formula is C33H41ClN2O5S. The number of rotatable bonds is 1. The minimum Gasteiger partial charge on any atom is -0.490 e. The summed E-state index contributed by atoms with van der Waals surface area (Å²) in [6, 6.07) is 11.5. The van der Waals surface area contributed by atoms with Crippen molar-refractivity contribution in [2.75, 3.05) is 31.7 Å². The van der Waals surface area contributed by atoms with Crippen LogP contribution in [0.5, 0.6) is 5.75 Å². The number of aryl methyl sites for hydroxylation is 1. The minimum absolute atomic E-state index is 0.0315. The number of sulfonamides is 1. The normalized spacial score (nSPS) is 33.3. The molecule has 4 aliphatic rings. The van der Waals surface area contributed by atoms with Crippen molar-refractivity contribution in [2.45, 2.75) is 69.1 Å². The second kappa shape index (κ2) is 11.5. The van der Waals surface area contributed by atoms with Gasteiger partial charge in [-0.1, -0.05) is 36.7 Å². The number of methoxy groups -OCH3 is 1. The van der Waals surface area contributed by atoms with Crippen molar-refractivity contribution in [1.29, 1.82) is 0 Å². The lowest BCUT2D eigenvalue weighted by atomic mass is 9.68. The van der Waals surface area contributed by atoms with E-state index in [9.17, 15) is 13.2 Å². The van der Waals surface area contributed by atoms with Crippen molar-refractivity contribution in [2.24, 2.45) is 17.8 Å². The number of nitrogens with zero attached hydrogens (tertiary/aromatic N) is 1. The van der Waals surface area contributed by atoms with Crippen LogP contribution in [0, 0.1) is 17.8 Å². The first-order valence-electron chi connectivity index (χ1n) is 15.2. The topological polar surface area (TPSA) is 84.9 Å². The lowest BCUT2D eigenvalue weighted by molar-refractivity contribution is 0.0131. The van der Waals surface area contributed by atoms with E-state index < -0.39 is 21.2 Å². The van der Waals surface area contributed by atoms with Gasteiger partial charge in [-0.2, -0.15) is 0 Å². The average Bonchev–Trinajstić information content (AvgIpc) is 3.10. The molecule has 2 heterocycles.